The van der Waals surface area contributed by atoms with Gasteiger partial charge in [-0.25, -0.2) is 8.42 Å². The highest BCUT2D eigenvalue weighted by Gasteiger charge is 2.36. The van der Waals surface area contributed by atoms with Crippen molar-refractivity contribution in [2.24, 2.45) is 0 Å². The summed E-state index contributed by atoms with van der Waals surface area (Å²) >= 11 is 0. The predicted octanol–water partition coefficient (Wildman–Crippen LogP) is 1.44. The molecule has 0 aromatic heterocycles. The van der Waals surface area contributed by atoms with Crippen LogP contribution in [0.1, 0.15) is 23.2 Å². The fourth-order valence-electron chi connectivity index (χ4n) is 1.34. The van der Waals surface area contributed by atoms with Gasteiger partial charge in [0.25, 0.3) is 0 Å². The first-order valence-electron chi connectivity index (χ1n) is 4.44. The molecule has 4 heteroatoms. The van der Waals surface area contributed by atoms with Crippen molar-refractivity contribution in [1.82, 2.24) is 0 Å². The van der Waals surface area contributed by atoms with Crippen LogP contribution in [-0.4, -0.2) is 20.0 Å². The summed E-state index contributed by atoms with van der Waals surface area (Å²) in [6.45, 7) is 0. The molecule has 0 amide bonds. The van der Waals surface area contributed by atoms with Crippen molar-refractivity contribution < 1.29 is 13.2 Å². The molecule has 2 rings (SSSR count). The molecule has 14 heavy (non-hydrogen) atoms. The van der Waals surface area contributed by atoms with Crippen molar-refractivity contribution in [3.63, 3.8) is 0 Å². The molecule has 0 saturated heterocycles. The van der Waals surface area contributed by atoms with Crippen LogP contribution in [-0.2, 0) is 9.84 Å². The zero-order valence-corrected chi connectivity index (χ0v) is 8.33. The molecule has 3 nitrogen and oxygen atoms in total. The number of carbonyl (C=O) groups excluding carboxylic acids is 1. The van der Waals surface area contributed by atoms with Crippen LogP contribution in [0.25, 0.3) is 0 Å². The molecule has 74 valence electrons. The SMILES string of the molecule is O=Cc1cccc(S(=O)(=O)C2CC2)c1. The summed E-state index contributed by atoms with van der Waals surface area (Å²) in [4.78, 5) is 10.7. The van der Waals surface area contributed by atoms with E-state index in [1.807, 2.05) is 0 Å². The maximum atomic E-state index is 11.7. The second kappa shape index (κ2) is 3.20. The molecule has 1 saturated carbocycles. The number of sulfone groups is 1. The summed E-state index contributed by atoms with van der Waals surface area (Å²) in [5.41, 5.74) is 0.409. The topological polar surface area (TPSA) is 51.2 Å². The largest absolute Gasteiger partial charge is 0.298 e. The second-order valence-electron chi connectivity index (χ2n) is 3.43. The van der Waals surface area contributed by atoms with E-state index in [1.165, 1.54) is 6.07 Å². The van der Waals surface area contributed by atoms with Crippen LogP contribution in [0.2, 0.25) is 0 Å². The number of hydrogen-bond donors (Lipinski definition) is 0. The van der Waals surface area contributed by atoms with Gasteiger partial charge in [-0.3, -0.25) is 4.79 Å². The Morgan fingerprint density at radius 1 is 1.29 bits per heavy atom. The van der Waals surface area contributed by atoms with Crippen LogP contribution in [0, 0.1) is 0 Å². The monoisotopic (exact) mass is 210 g/mol. The molecule has 1 aromatic rings. The van der Waals surface area contributed by atoms with Crippen LogP contribution in [0.3, 0.4) is 0 Å². The van der Waals surface area contributed by atoms with Crippen LogP contribution in [0.4, 0.5) is 0 Å². The smallest absolute Gasteiger partial charge is 0.181 e. The first-order valence-corrected chi connectivity index (χ1v) is 5.98. The lowest BCUT2D eigenvalue weighted by Crippen LogP contribution is -2.07. The van der Waals surface area contributed by atoms with E-state index in [9.17, 15) is 13.2 Å². The maximum absolute atomic E-state index is 11.7. The highest BCUT2D eigenvalue weighted by molar-refractivity contribution is 7.92. The first kappa shape index (κ1) is 9.40. The van der Waals surface area contributed by atoms with Crippen molar-refractivity contribution in [2.45, 2.75) is 23.0 Å². The van der Waals surface area contributed by atoms with Crippen molar-refractivity contribution in [2.75, 3.05) is 0 Å². The minimum Gasteiger partial charge on any atom is -0.298 e. The molecule has 0 spiro atoms. The fourth-order valence-corrected chi connectivity index (χ4v) is 3.05. The molecular formula is C10H10O3S. The molecule has 1 fully saturated rings. The Morgan fingerprint density at radius 2 is 2.00 bits per heavy atom. The molecule has 0 unspecified atom stereocenters. The van der Waals surface area contributed by atoms with Gasteiger partial charge in [-0.2, -0.15) is 0 Å². The Morgan fingerprint density at radius 3 is 2.57 bits per heavy atom. The highest BCUT2D eigenvalue weighted by Crippen LogP contribution is 2.33. The summed E-state index contributed by atoms with van der Waals surface area (Å²) in [6, 6.07) is 6.17. The number of aldehydes is 1. The van der Waals surface area contributed by atoms with Gasteiger partial charge in [0.1, 0.15) is 6.29 Å². The number of rotatable bonds is 3. The molecular weight excluding hydrogens is 200 g/mol. The molecule has 0 aliphatic heterocycles. The van der Waals surface area contributed by atoms with Crippen molar-refractivity contribution in [3.8, 4) is 0 Å². The van der Waals surface area contributed by atoms with Gasteiger partial charge in [0.05, 0.1) is 10.1 Å². The van der Waals surface area contributed by atoms with Gasteiger partial charge in [0.15, 0.2) is 9.84 Å². The van der Waals surface area contributed by atoms with E-state index >= 15 is 0 Å². The minimum atomic E-state index is -3.16. The third-order valence-electron chi connectivity index (χ3n) is 2.29. The number of benzene rings is 1. The molecule has 1 aromatic carbocycles. The van der Waals surface area contributed by atoms with Gasteiger partial charge in [-0.1, -0.05) is 12.1 Å². The van der Waals surface area contributed by atoms with Gasteiger partial charge in [0.2, 0.25) is 0 Å². The molecule has 0 heterocycles. The van der Waals surface area contributed by atoms with Crippen LogP contribution in [0.5, 0.6) is 0 Å². The summed E-state index contributed by atoms with van der Waals surface area (Å²) in [6.07, 6.45) is 2.15. The summed E-state index contributed by atoms with van der Waals surface area (Å²) in [5, 5.41) is -0.218. The Hall–Kier alpha value is -1.16. The number of hydrogen-bond acceptors (Lipinski definition) is 3. The average Bonchev–Trinajstić information content (AvgIpc) is 3.01. The van der Waals surface area contributed by atoms with Crippen molar-refractivity contribution in [3.05, 3.63) is 29.8 Å². The molecule has 0 bridgehead atoms. The lowest BCUT2D eigenvalue weighted by atomic mass is 10.2. The zero-order valence-electron chi connectivity index (χ0n) is 7.51. The third-order valence-corrected chi connectivity index (χ3v) is 4.55. The van der Waals surface area contributed by atoms with Crippen LogP contribution >= 0.6 is 0 Å². The van der Waals surface area contributed by atoms with E-state index in [0.717, 1.165) is 12.8 Å². The highest BCUT2D eigenvalue weighted by atomic mass is 32.2. The molecule has 1 aliphatic rings. The van der Waals surface area contributed by atoms with Gasteiger partial charge < -0.3 is 0 Å². The zero-order chi connectivity index (χ0) is 10.2. The standard InChI is InChI=1S/C10H10O3S/c11-7-8-2-1-3-10(6-8)14(12,13)9-4-5-9/h1-3,6-7,9H,4-5H2. The van der Waals surface area contributed by atoms with E-state index in [-0.39, 0.29) is 10.1 Å². The second-order valence-corrected chi connectivity index (χ2v) is 5.66. The Bertz CT molecular complexity index is 458. The van der Waals surface area contributed by atoms with E-state index in [2.05, 4.69) is 0 Å². The summed E-state index contributed by atoms with van der Waals surface area (Å²) in [7, 11) is -3.16. The predicted molar refractivity (Wildman–Crippen MR) is 52.0 cm³/mol. The maximum Gasteiger partial charge on any atom is 0.181 e. The van der Waals surface area contributed by atoms with E-state index < -0.39 is 9.84 Å². The van der Waals surface area contributed by atoms with Gasteiger partial charge in [0, 0.05) is 5.56 Å². The van der Waals surface area contributed by atoms with Crippen LogP contribution in [0.15, 0.2) is 29.2 Å². The van der Waals surface area contributed by atoms with Crippen molar-refractivity contribution in [1.29, 1.82) is 0 Å². The quantitative estimate of drug-likeness (QED) is 0.709. The molecule has 1 aliphatic carbocycles. The van der Waals surface area contributed by atoms with E-state index in [0.29, 0.717) is 11.8 Å². The first-order chi connectivity index (χ1) is 6.64. The fraction of sp³-hybridized carbons (Fsp3) is 0.300. The summed E-state index contributed by atoms with van der Waals surface area (Å²) < 4.78 is 23.5. The van der Waals surface area contributed by atoms with Gasteiger partial charge >= 0.3 is 0 Å². The summed E-state index contributed by atoms with van der Waals surface area (Å²) in [5.74, 6) is 0. The van der Waals surface area contributed by atoms with E-state index in [4.69, 9.17) is 0 Å². The average molecular weight is 210 g/mol. The minimum absolute atomic E-state index is 0.218. The molecule has 0 N–H and O–H groups in total. The third kappa shape index (κ3) is 1.57. The Kier molecular flexibility index (Phi) is 2.15. The van der Waals surface area contributed by atoms with Gasteiger partial charge in [-0.05, 0) is 25.0 Å². The molecule has 0 radical (unpaired) electrons. The Labute approximate surface area is 82.7 Å². The van der Waals surface area contributed by atoms with Crippen molar-refractivity contribution >= 4 is 16.1 Å². The molecule has 0 atom stereocenters. The normalized spacial score (nSPS) is 16.6. The van der Waals surface area contributed by atoms with Crippen LogP contribution < -0.4 is 0 Å². The lowest BCUT2D eigenvalue weighted by molar-refractivity contribution is 0.112. The van der Waals surface area contributed by atoms with E-state index in [1.54, 1.807) is 18.2 Å². The Balaban J connectivity index is 2.45. The van der Waals surface area contributed by atoms with Gasteiger partial charge in [-0.15, -0.1) is 0 Å². The number of carbonyl (C=O) groups is 1. The lowest BCUT2D eigenvalue weighted by Gasteiger charge is -2.02.